The molecule has 1 atom stereocenters. The summed E-state index contributed by atoms with van der Waals surface area (Å²) in [4.78, 5) is 12.5. The van der Waals surface area contributed by atoms with Crippen molar-refractivity contribution in [3.8, 4) is 11.3 Å². The van der Waals surface area contributed by atoms with Gasteiger partial charge in [-0.25, -0.2) is 0 Å². The van der Waals surface area contributed by atoms with Crippen molar-refractivity contribution in [2.24, 2.45) is 13.0 Å². The third kappa shape index (κ3) is 4.20. The first kappa shape index (κ1) is 17.2. The van der Waals surface area contributed by atoms with E-state index in [1.165, 1.54) is 0 Å². The zero-order valence-corrected chi connectivity index (χ0v) is 14.0. The van der Waals surface area contributed by atoms with Gasteiger partial charge in [-0.15, -0.1) is 0 Å². The van der Waals surface area contributed by atoms with Crippen LogP contribution in [0, 0.1) is 5.92 Å². The Bertz CT molecular complexity index is 633. The fourth-order valence-electron chi connectivity index (χ4n) is 2.76. The fourth-order valence-corrected chi connectivity index (χ4v) is 2.76. The van der Waals surface area contributed by atoms with Crippen LogP contribution in [0.3, 0.4) is 0 Å². The Kier molecular flexibility index (Phi) is 5.93. The molecule has 0 aliphatic rings. The summed E-state index contributed by atoms with van der Waals surface area (Å²) in [6.07, 6.45) is 2.98. The molecule has 0 saturated heterocycles. The summed E-state index contributed by atoms with van der Waals surface area (Å²) in [6.45, 7) is 4.36. The molecule has 1 aromatic carbocycles. The quantitative estimate of drug-likeness (QED) is 0.825. The van der Waals surface area contributed by atoms with Crippen molar-refractivity contribution in [3.63, 3.8) is 0 Å². The summed E-state index contributed by atoms with van der Waals surface area (Å²) in [5, 5.41) is 17.4. The van der Waals surface area contributed by atoms with Crippen LogP contribution in [-0.2, 0) is 7.05 Å². The number of aliphatic hydroxyl groups excluding tert-OH is 1. The maximum absolute atomic E-state index is 12.5. The van der Waals surface area contributed by atoms with Gasteiger partial charge in [-0.1, -0.05) is 57.0 Å². The molecule has 2 rings (SSSR count). The van der Waals surface area contributed by atoms with E-state index in [1.54, 1.807) is 17.9 Å². The first-order chi connectivity index (χ1) is 11.1. The molecule has 5 heteroatoms. The molecular formula is C18H25N3O2. The van der Waals surface area contributed by atoms with Gasteiger partial charge in [-0.2, -0.15) is 5.10 Å². The smallest absolute Gasteiger partial charge is 0.255 e. The Morgan fingerprint density at radius 2 is 1.91 bits per heavy atom. The number of nitrogens with one attached hydrogen (secondary N) is 1. The minimum atomic E-state index is -0.522. The highest BCUT2D eigenvalue weighted by Crippen LogP contribution is 2.21. The number of hydrogen-bond acceptors (Lipinski definition) is 3. The van der Waals surface area contributed by atoms with Crippen LogP contribution in [0.2, 0.25) is 0 Å². The molecule has 0 aliphatic heterocycles. The highest BCUT2D eigenvalue weighted by Gasteiger charge is 2.20. The van der Waals surface area contributed by atoms with E-state index in [0.717, 1.165) is 18.4 Å². The number of aromatic nitrogens is 2. The van der Waals surface area contributed by atoms with E-state index in [1.807, 2.05) is 44.2 Å². The normalized spacial score (nSPS) is 12.4. The molecule has 2 aromatic rings. The number of amides is 1. The molecule has 0 radical (unpaired) electrons. The summed E-state index contributed by atoms with van der Waals surface area (Å²) in [5.74, 6) is -0.000230. The number of hydrogen-bond donors (Lipinski definition) is 2. The minimum absolute atomic E-state index is 0.206. The lowest BCUT2D eigenvalue weighted by Crippen LogP contribution is -2.36. The number of rotatable bonds is 7. The number of carbonyl (C=O) groups excluding carboxylic acids is 1. The summed E-state index contributed by atoms with van der Waals surface area (Å²) in [5.41, 5.74) is 2.08. The van der Waals surface area contributed by atoms with Crippen LogP contribution in [-0.4, -0.2) is 33.4 Å². The lowest BCUT2D eigenvalue weighted by atomic mass is 9.96. The van der Waals surface area contributed by atoms with Crippen LogP contribution in [0.15, 0.2) is 36.5 Å². The van der Waals surface area contributed by atoms with E-state index in [4.69, 9.17) is 0 Å². The van der Waals surface area contributed by atoms with E-state index in [2.05, 4.69) is 10.4 Å². The first-order valence-electron chi connectivity index (χ1n) is 8.12. The third-order valence-electron chi connectivity index (χ3n) is 4.19. The van der Waals surface area contributed by atoms with Crippen molar-refractivity contribution in [3.05, 3.63) is 42.1 Å². The second kappa shape index (κ2) is 7.92. The monoisotopic (exact) mass is 315 g/mol. The standard InChI is InChI=1S/C18H25N3O2/c1-4-13(5-2)16(22)11-19-18(23)15-12-21(3)20-17(15)14-9-7-6-8-10-14/h6-10,12-13,16,22H,4-5,11H2,1-3H3,(H,19,23). The Morgan fingerprint density at radius 1 is 1.26 bits per heavy atom. The molecule has 0 fully saturated rings. The zero-order chi connectivity index (χ0) is 16.8. The third-order valence-corrected chi connectivity index (χ3v) is 4.19. The van der Waals surface area contributed by atoms with Gasteiger partial charge in [0.05, 0.1) is 11.7 Å². The van der Waals surface area contributed by atoms with Crippen molar-refractivity contribution < 1.29 is 9.90 Å². The predicted octanol–water partition coefficient (Wildman–Crippen LogP) is 2.61. The van der Waals surface area contributed by atoms with Crippen LogP contribution in [0.4, 0.5) is 0 Å². The van der Waals surface area contributed by atoms with Crippen LogP contribution >= 0.6 is 0 Å². The van der Waals surface area contributed by atoms with Crippen LogP contribution in [0.5, 0.6) is 0 Å². The molecule has 0 bridgehead atoms. The number of carbonyl (C=O) groups is 1. The molecule has 1 unspecified atom stereocenters. The first-order valence-corrected chi connectivity index (χ1v) is 8.12. The van der Waals surface area contributed by atoms with Crippen molar-refractivity contribution in [1.82, 2.24) is 15.1 Å². The second-order valence-corrected chi connectivity index (χ2v) is 5.79. The van der Waals surface area contributed by atoms with Gasteiger partial charge in [0.15, 0.2) is 0 Å². The number of aliphatic hydroxyl groups is 1. The Hall–Kier alpha value is -2.14. The highest BCUT2D eigenvalue weighted by molar-refractivity contribution is 5.99. The van der Waals surface area contributed by atoms with E-state index in [9.17, 15) is 9.90 Å². The van der Waals surface area contributed by atoms with Gasteiger partial charge in [-0.3, -0.25) is 9.48 Å². The average Bonchev–Trinajstić information content (AvgIpc) is 2.96. The summed E-state index contributed by atoms with van der Waals surface area (Å²) >= 11 is 0. The number of aryl methyl sites for hydroxylation is 1. The lowest BCUT2D eigenvalue weighted by molar-refractivity contribution is 0.0817. The van der Waals surface area contributed by atoms with Crippen molar-refractivity contribution in [2.75, 3.05) is 6.54 Å². The topological polar surface area (TPSA) is 67.2 Å². The molecule has 0 spiro atoms. The van der Waals surface area contributed by atoms with Gasteiger partial charge >= 0.3 is 0 Å². The lowest BCUT2D eigenvalue weighted by Gasteiger charge is -2.20. The number of benzene rings is 1. The van der Waals surface area contributed by atoms with E-state index >= 15 is 0 Å². The molecule has 1 amide bonds. The molecule has 2 N–H and O–H groups in total. The zero-order valence-electron chi connectivity index (χ0n) is 14.0. The maximum Gasteiger partial charge on any atom is 0.255 e. The van der Waals surface area contributed by atoms with Gasteiger partial charge in [0.2, 0.25) is 0 Å². The van der Waals surface area contributed by atoms with Crippen LogP contribution < -0.4 is 5.32 Å². The molecule has 23 heavy (non-hydrogen) atoms. The molecule has 124 valence electrons. The molecule has 1 aromatic heterocycles. The molecule has 5 nitrogen and oxygen atoms in total. The predicted molar refractivity (Wildman–Crippen MR) is 91.1 cm³/mol. The van der Waals surface area contributed by atoms with Gasteiger partial charge < -0.3 is 10.4 Å². The van der Waals surface area contributed by atoms with Crippen LogP contribution in [0.1, 0.15) is 37.0 Å². The molecule has 1 heterocycles. The van der Waals surface area contributed by atoms with E-state index < -0.39 is 6.10 Å². The molecule has 0 saturated carbocycles. The average molecular weight is 315 g/mol. The Morgan fingerprint density at radius 3 is 2.52 bits per heavy atom. The second-order valence-electron chi connectivity index (χ2n) is 5.79. The van der Waals surface area contributed by atoms with Crippen molar-refractivity contribution in [2.45, 2.75) is 32.8 Å². The summed E-state index contributed by atoms with van der Waals surface area (Å²) < 4.78 is 1.63. The maximum atomic E-state index is 12.5. The van der Waals surface area contributed by atoms with Gasteiger partial charge in [0.1, 0.15) is 5.69 Å². The fraction of sp³-hybridized carbons (Fsp3) is 0.444. The highest BCUT2D eigenvalue weighted by atomic mass is 16.3. The van der Waals surface area contributed by atoms with E-state index in [-0.39, 0.29) is 18.4 Å². The summed E-state index contributed by atoms with van der Waals surface area (Å²) in [7, 11) is 1.79. The van der Waals surface area contributed by atoms with Gasteiger partial charge in [0.25, 0.3) is 5.91 Å². The van der Waals surface area contributed by atoms with E-state index in [0.29, 0.717) is 11.3 Å². The Labute approximate surface area is 137 Å². The molecule has 0 aliphatic carbocycles. The van der Waals surface area contributed by atoms with Gasteiger partial charge in [-0.05, 0) is 5.92 Å². The van der Waals surface area contributed by atoms with Crippen LogP contribution in [0.25, 0.3) is 11.3 Å². The van der Waals surface area contributed by atoms with Crippen molar-refractivity contribution in [1.29, 1.82) is 0 Å². The summed E-state index contributed by atoms with van der Waals surface area (Å²) in [6, 6.07) is 9.62. The number of nitrogens with zero attached hydrogens (tertiary/aromatic N) is 2. The SMILES string of the molecule is CCC(CC)C(O)CNC(=O)c1cn(C)nc1-c1ccccc1. The molecular weight excluding hydrogens is 290 g/mol. The van der Waals surface area contributed by atoms with Gasteiger partial charge in [0, 0.05) is 25.4 Å². The Balaban J connectivity index is 2.11. The van der Waals surface area contributed by atoms with Crippen molar-refractivity contribution >= 4 is 5.91 Å². The largest absolute Gasteiger partial charge is 0.391 e. The minimum Gasteiger partial charge on any atom is -0.391 e.